The standard InChI is InChI=1S/C18H21N3O3/c1-5-24-18(23)15-11(3)16(20-12(15)4)17(22)21-8-13-6-10(2)19-7-14(13)9-21/h6-7,20H,5,8-9H2,1-4H3. The molecular formula is C18H21N3O3. The van der Waals surface area contributed by atoms with Crippen LogP contribution in [0.25, 0.3) is 0 Å². The van der Waals surface area contributed by atoms with E-state index in [-0.39, 0.29) is 5.91 Å². The van der Waals surface area contributed by atoms with Crippen molar-refractivity contribution in [3.63, 3.8) is 0 Å². The molecule has 0 bridgehead atoms. The number of hydrogen-bond acceptors (Lipinski definition) is 4. The molecule has 0 spiro atoms. The van der Waals surface area contributed by atoms with Gasteiger partial charge in [0, 0.05) is 30.7 Å². The molecule has 24 heavy (non-hydrogen) atoms. The van der Waals surface area contributed by atoms with E-state index in [0.717, 1.165) is 16.8 Å². The number of H-pyrrole nitrogens is 1. The van der Waals surface area contributed by atoms with E-state index in [4.69, 9.17) is 4.74 Å². The smallest absolute Gasteiger partial charge is 0.340 e. The van der Waals surface area contributed by atoms with Crippen molar-refractivity contribution in [1.82, 2.24) is 14.9 Å². The lowest BCUT2D eigenvalue weighted by molar-refractivity contribution is 0.0525. The molecule has 3 rings (SSSR count). The third kappa shape index (κ3) is 2.68. The van der Waals surface area contributed by atoms with Crippen LogP contribution >= 0.6 is 0 Å². The van der Waals surface area contributed by atoms with E-state index < -0.39 is 5.97 Å². The van der Waals surface area contributed by atoms with E-state index in [1.54, 1.807) is 25.7 Å². The average molecular weight is 327 g/mol. The maximum absolute atomic E-state index is 12.9. The number of aryl methyl sites for hydroxylation is 2. The summed E-state index contributed by atoms with van der Waals surface area (Å²) in [6.45, 7) is 8.66. The van der Waals surface area contributed by atoms with Crippen molar-refractivity contribution in [2.75, 3.05) is 6.61 Å². The van der Waals surface area contributed by atoms with Crippen LogP contribution in [-0.2, 0) is 17.8 Å². The predicted octanol–water partition coefficient (Wildman–Crippen LogP) is 2.67. The summed E-state index contributed by atoms with van der Waals surface area (Å²) in [5, 5.41) is 0. The average Bonchev–Trinajstić information content (AvgIpc) is 3.07. The van der Waals surface area contributed by atoms with Crippen molar-refractivity contribution < 1.29 is 14.3 Å². The normalized spacial score (nSPS) is 13.1. The molecule has 1 aliphatic heterocycles. The van der Waals surface area contributed by atoms with Crippen LogP contribution in [0.5, 0.6) is 0 Å². The molecule has 1 N–H and O–H groups in total. The molecule has 126 valence electrons. The van der Waals surface area contributed by atoms with Gasteiger partial charge in [-0.2, -0.15) is 0 Å². The van der Waals surface area contributed by atoms with Gasteiger partial charge in [-0.15, -0.1) is 0 Å². The number of fused-ring (bicyclic) bond motifs is 1. The summed E-state index contributed by atoms with van der Waals surface area (Å²) < 4.78 is 5.08. The van der Waals surface area contributed by atoms with Gasteiger partial charge < -0.3 is 14.6 Å². The Hall–Kier alpha value is -2.63. The van der Waals surface area contributed by atoms with Gasteiger partial charge in [-0.25, -0.2) is 4.79 Å². The fraction of sp³-hybridized carbons (Fsp3) is 0.389. The second-order valence-corrected chi connectivity index (χ2v) is 6.10. The first-order valence-electron chi connectivity index (χ1n) is 8.02. The molecule has 2 aromatic heterocycles. The van der Waals surface area contributed by atoms with E-state index in [2.05, 4.69) is 9.97 Å². The Morgan fingerprint density at radius 2 is 1.96 bits per heavy atom. The number of rotatable bonds is 3. The molecule has 1 amide bonds. The van der Waals surface area contributed by atoms with E-state index in [1.807, 2.05) is 19.2 Å². The summed E-state index contributed by atoms with van der Waals surface area (Å²) in [6, 6.07) is 2.01. The third-order valence-electron chi connectivity index (χ3n) is 4.36. The summed E-state index contributed by atoms with van der Waals surface area (Å²) in [7, 11) is 0. The fourth-order valence-corrected chi connectivity index (χ4v) is 3.18. The topological polar surface area (TPSA) is 75.3 Å². The van der Waals surface area contributed by atoms with Crippen molar-refractivity contribution in [1.29, 1.82) is 0 Å². The number of esters is 1. The molecule has 6 nitrogen and oxygen atoms in total. The second-order valence-electron chi connectivity index (χ2n) is 6.10. The number of pyridine rings is 1. The summed E-state index contributed by atoms with van der Waals surface area (Å²) in [6.07, 6.45) is 1.83. The molecule has 0 saturated carbocycles. The molecule has 1 aliphatic rings. The van der Waals surface area contributed by atoms with Gasteiger partial charge in [-0.05, 0) is 50.5 Å². The Balaban J connectivity index is 1.87. The lowest BCUT2D eigenvalue weighted by Crippen LogP contribution is -2.26. The van der Waals surface area contributed by atoms with Crippen LogP contribution in [-0.4, -0.2) is 33.4 Å². The number of carbonyl (C=O) groups is 2. The predicted molar refractivity (Wildman–Crippen MR) is 88.8 cm³/mol. The van der Waals surface area contributed by atoms with Crippen LogP contribution < -0.4 is 0 Å². The molecule has 3 heterocycles. The molecule has 2 aromatic rings. The zero-order chi connectivity index (χ0) is 17.4. The van der Waals surface area contributed by atoms with Gasteiger partial charge >= 0.3 is 5.97 Å². The van der Waals surface area contributed by atoms with Crippen LogP contribution in [0.1, 0.15) is 55.8 Å². The summed E-state index contributed by atoms with van der Waals surface area (Å²) in [5.41, 5.74) is 5.34. The van der Waals surface area contributed by atoms with Gasteiger partial charge in [-0.3, -0.25) is 9.78 Å². The number of ether oxygens (including phenoxy) is 1. The number of carbonyl (C=O) groups excluding carboxylic acids is 2. The minimum Gasteiger partial charge on any atom is -0.462 e. The van der Waals surface area contributed by atoms with E-state index in [9.17, 15) is 9.59 Å². The van der Waals surface area contributed by atoms with Crippen LogP contribution in [0.15, 0.2) is 12.3 Å². The van der Waals surface area contributed by atoms with Gasteiger partial charge in [0.15, 0.2) is 0 Å². The van der Waals surface area contributed by atoms with Gasteiger partial charge in [0.05, 0.1) is 12.2 Å². The summed E-state index contributed by atoms with van der Waals surface area (Å²) >= 11 is 0. The Morgan fingerprint density at radius 1 is 1.25 bits per heavy atom. The van der Waals surface area contributed by atoms with E-state index in [1.165, 1.54) is 0 Å². The Kier molecular flexibility index (Phi) is 4.13. The van der Waals surface area contributed by atoms with Crippen molar-refractivity contribution in [2.45, 2.75) is 40.8 Å². The highest BCUT2D eigenvalue weighted by Crippen LogP contribution is 2.26. The summed E-state index contributed by atoms with van der Waals surface area (Å²) in [5.74, 6) is -0.507. The lowest BCUT2D eigenvalue weighted by atomic mass is 10.1. The first kappa shape index (κ1) is 16.2. The quantitative estimate of drug-likeness (QED) is 0.880. The monoisotopic (exact) mass is 327 g/mol. The largest absolute Gasteiger partial charge is 0.462 e. The molecule has 0 atom stereocenters. The third-order valence-corrected chi connectivity index (χ3v) is 4.36. The van der Waals surface area contributed by atoms with Gasteiger partial charge in [-0.1, -0.05) is 0 Å². The number of amides is 1. The molecule has 0 fully saturated rings. The number of aromatic amines is 1. The van der Waals surface area contributed by atoms with Gasteiger partial charge in [0.1, 0.15) is 5.69 Å². The Bertz CT molecular complexity index is 823. The zero-order valence-electron chi connectivity index (χ0n) is 14.4. The number of nitrogens with one attached hydrogen (secondary N) is 1. The number of hydrogen-bond donors (Lipinski definition) is 1. The van der Waals surface area contributed by atoms with Crippen molar-refractivity contribution >= 4 is 11.9 Å². The number of nitrogens with zero attached hydrogens (tertiary/aromatic N) is 2. The first-order valence-corrected chi connectivity index (χ1v) is 8.02. The SMILES string of the molecule is CCOC(=O)c1c(C)[nH]c(C(=O)N2Cc3cnc(C)cc3C2)c1C. The lowest BCUT2D eigenvalue weighted by Gasteiger charge is -2.15. The molecule has 0 aliphatic carbocycles. The molecule has 6 heteroatoms. The maximum Gasteiger partial charge on any atom is 0.340 e. The zero-order valence-corrected chi connectivity index (χ0v) is 14.4. The molecular weight excluding hydrogens is 306 g/mol. The number of aromatic nitrogens is 2. The molecule has 0 saturated heterocycles. The molecule has 0 aromatic carbocycles. The highest BCUT2D eigenvalue weighted by Gasteiger charge is 2.29. The van der Waals surface area contributed by atoms with Crippen LogP contribution in [0.2, 0.25) is 0 Å². The van der Waals surface area contributed by atoms with E-state index in [0.29, 0.717) is 42.2 Å². The van der Waals surface area contributed by atoms with Crippen molar-refractivity contribution in [3.05, 3.63) is 51.6 Å². The highest BCUT2D eigenvalue weighted by atomic mass is 16.5. The summed E-state index contributed by atoms with van der Waals surface area (Å²) in [4.78, 5) is 34.1. The van der Waals surface area contributed by atoms with Crippen LogP contribution in [0, 0.1) is 20.8 Å². The van der Waals surface area contributed by atoms with E-state index >= 15 is 0 Å². The first-order chi connectivity index (χ1) is 11.4. The van der Waals surface area contributed by atoms with Crippen molar-refractivity contribution in [3.8, 4) is 0 Å². The van der Waals surface area contributed by atoms with Gasteiger partial charge in [0.25, 0.3) is 5.91 Å². The maximum atomic E-state index is 12.9. The van der Waals surface area contributed by atoms with Crippen LogP contribution in [0.4, 0.5) is 0 Å². The Labute approximate surface area is 140 Å². The second kappa shape index (κ2) is 6.11. The molecule has 0 unspecified atom stereocenters. The highest BCUT2D eigenvalue weighted by molar-refractivity contribution is 6.00. The minimum absolute atomic E-state index is 0.111. The van der Waals surface area contributed by atoms with Gasteiger partial charge in [0.2, 0.25) is 0 Å². The molecule has 0 radical (unpaired) electrons. The Morgan fingerprint density at radius 3 is 2.67 bits per heavy atom. The minimum atomic E-state index is -0.396. The van der Waals surface area contributed by atoms with Crippen molar-refractivity contribution in [2.24, 2.45) is 0 Å². The van der Waals surface area contributed by atoms with Crippen LogP contribution in [0.3, 0.4) is 0 Å². The fourth-order valence-electron chi connectivity index (χ4n) is 3.18.